The Bertz CT molecular complexity index is 668. The van der Waals surface area contributed by atoms with E-state index in [1.165, 1.54) is 13.2 Å². The van der Waals surface area contributed by atoms with Crippen molar-refractivity contribution >= 4 is 50.1 Å². The SMILES string of the molecule is CNC(c1cc(Cl)ccc1I)c1cc(Br)c(F)cc1OC. The predicted octanol–water partition coefficient (Wildman–Crippen LogP) is 5.16. The topological polar surface area (TPSA) is 21.3 Å². The molecule has 1 N–H and O–H groups in total. The van der Waals surface area contributed by atoms with Crippen molar-refractivity contribution in [2.45, 2.75) is 6.04 Å². The number of halogens is 4. The van der Waals surface area contributed by atoms with Crippen LogP contribution in [0, 0.1) is 9.39 Å². The quantitative estimate of drug-likeness (QED) is 0.605. The molecular formula is C15H13BrClFINO. The van der Waals surface area contributed by atoms with E-state index in [4.69, 9.17) is 16.3 Å². The minimum absolute atomic E-state index is 0.151. The third-order valence-electron chi connectivity index (χ3n) is 3.14. The summed E-state index contributed by atoms with van der Waals surface area (Å²) >= 11 is 11.6. The van der Waals surface area contributed by atoms with Gasteiger partial charge in [-0.25, -0.2) is 4.39 Å². The van der Waals surface area contributed by atoms with Crippen molar-refractivity contribution in [3.05, 3.63) is 60.3 Å². The van der Waals surface area contributed by atoms with Gasteiger partial charge in [0.15, 0.2) is 0 Å². The van der Waals surface area contributed by atoms with E-state index < -0.39 is 0 Å². The molecule has 6 heteroatoms. The molecule has 0 amide bonds. The van der Waals surface area contributed by atoms with Crippen LogP contribution < -0.4 is 10.1 Å². The Morgan fingerprint density at radius 1 is 1.29 bits per heavy atom. The number of benzene rings is 2. The summed E-state index contributed by atoms with van der Waals surface area (Å²) in [6.45, 7) is 0. The minimum atomic E-state index is -0.355. The number of rotatable bonds is 4. The van der Waals surface area contributed by atoms with Gasteiger partial charge in [-0.05, 0) is 75.4 Å². The van der Waals surface area contributed by atoms with Gasteiger partial charge in [0.1, 0.15) is 11.6 Å². The molecule has 1 unspecified atom stereocenters. The lowest BCUT2D eigenvalue weighted by Crippen LogP contribution is -2.19. The summed E-state index contributed by atoms with van der Waals surface area (Å²) in [6, 6.07) is 8.65. The van der Waals surface area contributed by atoms with Crippen LogP contribution >= 0.6 is 50.1 Å². The maximum atomic E-state index is 13.7. The molecule has 112 valence electrons. The molecule has 0 saturated heterocycles. The first-order chi connectivity index (χ1) is 9.97. The number of hydrogen-bond donors (Lipinski definition) is 1. The van der Waals surface area contributed by atoms with Gasteiger partial charge in [-0.2, -0.15) is 0 Å². The first-order valence-corrected chi connectivity index (χ1v) is 8.38. The monoisotopic (exact) mass is 483 g/mol. The number of nitrogens with one attached hydrogen (secondary N) is 1. The van der Waals surface area contributed by atoms with E-state index in [2.05, 4.69) is 43.8 Å². The summed E-state index contributed by atoms with van der Waals surface area (Å²) in [5.41, 5.74) is 1.86. The van der Waals surface area contributed by atoms with Crippen molar-refractivity contribution in [1.82, 2.24) is 5.32 Å². The highest BCUT2D eigenvalue weighted by Crippen LogP contribution is 2.36. The molecular weight excluding hydrogens is 471 g/mol. The maximum Gasteiger partial charge on any atom is 0.141 e. The lowest BCUT2D eigenvalue weighted by atomic mass is 9.98. The number of methoxy groups -OCH3 is 1. The highest BCUT2D eigenvalue weighted by atomic mass is 127. The molecule has 0 saturated carbocycles. The van der Waals surface area contributed by atoms with E-state index in [0.29, 0.717) is 15.2 Å². The van der Waals surface area contributed by atoms with Crippen LogP contribution in [-0.2, 0) is 0 Å². The Balaban J connectivity index is 2.61. The van der Waals surface area contributed by atoms with Crippen molar-refractivity contribution in [3.8, 4) is 5.75 Å². The average molecular weight is 485 g/mol. The van der Waals surface area contributed by atoms with Crippen molar-refractivity contribution in [1.29, 1.82) is 0 Å². The second kappa shape index (κ2) is 7.26. The lowest BCUT2D eigenvalue weighted by molar-refractivity contribution is 0.401. The molecule has 2 rings (SSSR count). The molecule has 0 aromatic heterocycles. The first kappa shape index (κ1) is 17.0. The van der Waals surface area contributed by atoms with E-state index in [9.17, 15) is 4.39 Å². The van der Waals surface area contributed by atoms with Crippen LogP contribution in [0.1, 0.15) is 17.2 Å². The second-order valence-corrected chi connectivity index (χ2v) is 6.85. The number of ether oxygens (including phenoxy) is 1. The molecule has 0 aliphatic heterocycles. The van der Waals surface area contributed by atoms with Crippen molar-refractivity contribution in [3.63, 3.8) is 0 Å². The third kappa shape index (κ3) is 3.70. The summed E-state index contributed by atoms with van der Waals surface area (Å²) in [4.78, 5) is 0. The molecule has 0 bridgehead atoms. The Hall–Kier alpha value is -0.370. The highest BCUT2D eigenvalue weighted by Gasteiger charge is 2.21. The third-order valence-corrected chi connectivity index (χ3v) is 4.97. The Kier molecular flexibility index (Phi) is 5.88. The van der Waals surface area contributed by atoms with Gasteiger partial charge >= 0.3 is 0 Å². The molecule has 0 spiro atoms. The van der Waals surface area contributed by atoms with Gasteiger partial charge in [0.25, 0.3) is 0 Å². The molecule has 2 aromatic carbocycles. The number of hydrogen-bond acceptors (Lipinski definition) is 2. The molecule has 0 aliphatic carbocycles. The fourth-order valence-corrected chi connectivity index (χ4v) is 3.35. The van der Waals surface area contributed by atoms with Crippen LogP contribution in [0.5, 0.6) is 5.75 Å². The van der Waals surface area contributed by atoms with Crippen LogP contribution in [0.3, 0.4) is 0 Å². The van der Waals surface area contributed by atoms with Gasteiger partial charge in [-0.1, -0.05) is 11.6 Å². The standard InChI is InChI=1S/C15H13BrClFINO/c1-20-15(9-5-8(17)3-4-13(9)19)10-6-11(16)12(18)7-14(10)21-2/h3-7,15,20H,1-2H3. The van der Waals surface area contributed by atoms with Gasteiger partial charge < -0.3 is 10.1 Å². The van der Waals surface area contributed by atoms with Gasteiger partial charge in [-0.3, -0.25) is 0 Å². The van der Waals surface area contributed by atoms with E-state index in [-0.39, 0.29) is 11.9 Å². The molecule has 0 heterocycles. The average Bonchev–Trinajstić information content (AvgIpc) is 2.46. The molecule has 0 aliphatic rings. The predicted molar refractivity (Wildman–Crippen MR) is 95.7 cm³/mol. The van der Waals surface area contributed by atoms with Crippen molar-refractivity contribution in [2.24, 2.45) is 0 Å². The zero-order valence-electron chi connectivity index (χ0n) is 11.4. The van der Waals surface area contributed by atoms with Crippen molar-refractivity contribution in [2.75, 3.05) is 14.2 Å². The van der Waals surface area contributed by atoms with Crippen LogP contribution in [0.25, 0.3) is 0 Å². The van der Waals surface area contributed by atoms with Crippen LogP contribution in [-0.4, -0.2) is 14.2 Å². The normalized spacial score (nSPS) is 12.3. The smallest absolute Gasteiger partial charge is 0.141 e. The van der Waals surface area contributed by atoms with Gasteiger partial charge in [0.2, 0.25) is 0 Å². The fourth-order valence-electron chi connectivity index (χ4n) is 2.16. The largest absolute Gasteiger partial charge is 0.496 e. The molecule has 0 fully saturated rings. The summed E-state index contributed by atoms with van der Waals surface area (Å²) < 4.78 is 20.5. The molecule has 0 radical (unpaired) electrons. The summed E-state index contributed by atoms with van der Waals surface area (Å²) in [6.07, 6.45) is 0. The highest BCUT2D eigenvalue weighted by molar-refractivity contribution is 14.1. The van der Waals surface area contributed by atoms with Gasteiger partial charge in [0, 0.05) is 20.2 Å². The van der Waals surface area contributed by atoms with E-state index in [1.54, 1.807) is 6.07 Å². The molecule has 21 heavy (non-hydrogen) atoms. The van der Waals surface area contributed by atoms with E-state index in [0.717, 1.165) is 14.7 Å². The van der Waals surface area contributed by atoms with E-state index in [1.807, 2.05) is 25.2 Å². The van der Waals surface area contributed by atoms with Crippen LogP contribution in [0.15, 0.2) is 34.8 Å². The zero-order chi connectivity index (χ0) is 15.6. The molecule has 2 aromatic rings. The second-order valence-electron chi connectivity index (χ2n) is 4.40. The summed E-state index contributed by atoms with van der Waals surface area (Å²) in [5.74, 6) is 0.136. The maximum absolute atomic E-state index is 13.7. The summed E-state index contributed by atoms with van der Waals surface area (Å²) in [5, 5.41) is 3.90. The van der Waals surface area contributed by atoms with Gasteiger partial charge in [0.05, 0.1) is 17.6 Å². The van der Waals surface area contributed by atoms with Gasteiger partial charge in [-0.15, -0.1) is 0 Å². The Morgan fingerprint density at radius 2 is 2.00 bits per heavy atom. The van der Waals surface area contributed by atoms with Crippen LogP contribution in [0.2, 0.25) is 5.02 Å². The van der Waals surface area contributed by atoms with Crippen LogP contribution in [0.4, 0.5) is 4.39 Å². The fraction of sp³-hybridized carbons (Fsp3) is 0.200. The van der Waals surface area contributed by atoms with E-state index >= 15 is 0 Å². The Labute approximate surface area is 150 Å². The van der Waals surface area contributed by atoms with Crippen molar-refractivity contribution < 1.29 is 9.13 Å². The minimum Gasteiger partial charge on any atom is -0.496 e. The first-order valence-electron chi connectivity index (χ1n) is 6.13. The zero-order valence-corrected chi connectivity index (χ0v) is 15.9. The lowest BCUT2D eigenvalue weighted by Gasteiger charge is -2.22. The molecule has 1 atom stereocenters. The summed E-state index contributed by atoms with van der Waals surface area (Å²) in [7, 11) is 3.38. The molecule has 2 nitrogen and oxygen atoms in total. The Morgan fingerprint density at radius 3 is 2.62 bits per heavy atom.